The molecule has 5 heteroatoms. The highest BCUT2D eigenvalue weighted by Crippen LogP contribution is 2.18. The zero-order chi connectivity index (χ0) is 15.1. The number of amides is 1. The zero-order valence-electron chi connectivity index (χ0n) is 13.1. The molecule has 2 heterocycles. The number of rotatable bonds is 6. The molecule has 0 radical (unpaired) electrons. The molecule has 21 heavy (non-hydrogen) atoms. The van der Waals surface area contributed by atoms with Gasteiger partial charge in [0.2, 0.25) is 5.91 Å². The number of piperidine rings is 1. The molecule has 1 saturated heterocycles. The molecule has 0 aliphatic carbocycles. The Labute approximate surface area is 127 Å². The number of carbonyl (C=O) groups excluding carboxylic acids is 1. The van der Waals surface area contributed by atoms with Crippen molar-refractivity contribution in [2.24, 2.45) is 0 Å². The summed E-state index contributed by atoms with van der Waals surface area (Å²) in [7, 11) is 0. The van der Waals surface area contributed by atoms with E-state index in [9.17, 15) is 4.79 Å². The van der Waals surface area contributed by atoms with Gasteiger partial charge in [-0.2, -0.15) is 0 Å². The molecule has 0 saturated carbocycles. The first-order chi connectivity index (χ1) is 10.1. The van der Waals surface area contributed by atoms with Gasteiger partial charge in [0, 0.05) is 32.1 Å². The van der Waals surface area contributed by atoms with Crippen LogP contribution in [0.15, 0.2) is 18.3 Å². The van der Waals surface area contributed by atoms with Crippen LogP contribution in [0, 0.1) is 0 Å². The summed E-state index contributed by atoms with van der Waals surface area (Å²) in [6.45, 7) is 7.00. The number of aromatic nitrogens is 1. The number of carbonyl (C=O) groups is 1. The van der Waals surface area contributed by atoms with Gasteiger partial charge in [0.25, 0.3) is 0 Å². The minimum absolute atomic E-state index is 0.0238. The Kier molecular flexibility index (Phi) is 5.99. The van der Waals surface area contributed by atoms with E-state index in [1.807, 2.05) is 12.1 Å². The second kappa shape index (κ2) is 7.98. The van der Waals surface area contributed by atoms with Crippen LogP contribution in [-0.4, -0.2) is 36.6 Å². The molecule has 1 aromatic heterocycles. The summed E-state index contributed by atoms with van der Waals surface area (Å²) >= 11 is 0. The van der Waals surface area contributed by atoms with E-state index in [-0.39, 0.29) is 5.91 Å². The van der Waals surface area contributed by atoms with Gasteiger partial charge in [-0.25, -0.2) is 4.98 Å². The first kappa shape index (κ1) is 15.8. The molecule has 0 aromatic carbocycles. The Morgan fingerprint density at radius 1 is 1.29 bits per heavy atom. The average Bonchev–Trinajstić information content (AvgIpc) is 2.48. The molecular formula is C16H26N4O. The van der Waals surface area contributed by atoms with Crippen LogP contribution in [0.25, 0.3) is 0 Å². The summed E-state index contributed by atoms with van der Waals surface area (Å²) in [4.78, 5) is 18.6. The predicted octanol–water partition coefficient (Wildman–Crippen LogP) is 2.40. The molecule has 1 aliphatic rings. The van der Waals surface area contributed by atoms with Crippen LogP contribution in [0.2, 0.25) is 0 Å². The van der Waals surface area contributed by atoms with Crippen LogP contribution >= 0.6 is 0 Å². The number of pyridine rings is 1. The van der Waals surface area contributed by atoms with Crippen LogP contribution in [0.4, 0.5) is 11.5 Å². The summed E-state index contributed by atoms with van der Waals surface area (Å²) in [5.41, 5.74) is 0.769. The second-order valence-electron chi connectivity index (χ2n) is 5.86. The molecule has 116 valence electrons. The lowest BCUT2D eigenvalue weighted by Gasteiger charge is -2.27. The van der Waals surface area contributed by atoms with Crippen LogP contribution in [-0.2, 0) is 4.79 Å². The third-order valence-corrected chi connectivity index (χ3v) is 3.62. The van der Waals surface area contributed by atoms with Crippen molar-refractivity contribution in [1.29, 1.82) is 0 Å². The molecule has 0 unspecified atom stereocenters. The molecule has 1 amide bonds. The van der Waals surface area contributed by atoms with E-state index in [1.165, 1.54) is 19.3 Å². The van der Waals surface area contributed by atoms with Crippen LogP contribution < -0.4 is 15.5 Å². The molecule has 0 atom stereocenters. The van der Waals surface area contributed by atoms with Crippen molar-refractivity contribution in [3.8, 4) is 0 Å². The number of nitrogens with zero attached hydrogens (tertiary/aromatic N) is 2. The van der Waals surface area contributed by atoms with E-state index in [0.29, 0.717) is 19.0 Å². The minimum Gasteiger partial charge on any atom is -0.357 e. The second-order valence-corrected chi connectivity index (χ2v) is 5.86. The Morgan fingerprint density at radius 2 is 2.05 bits per heavy atom. The van der Waals surface area contributed by atoms with Crippen molar-refractivity contribution >= 4 is 17.4 Å². The van der Waals surface area contributed by atoms with Gasteiger partial charge < -0.3 is 15.5 Å². The standard InChI is InChI=1S/C16H26N4O/c1-13(2)17-9-8-16(21)19-14-6-7-15(18-12-14)20-10-4-3-5-11-20/h6-7,12-13,17H,3-5,8-11H2,1-2H3,(H,19,21). The molecule has 2 rings (SSSR count). The van der Waals surface area contributed by atoms with E-state index >= 15 is 0 Å². The van der Waals surface area contributed by atoms with E-state index in [0.717, 1.165) is 24.6 Å². The Balaban J connectivity index is 1.80. The molecule has 2 N–H and O–H groups in total. The fourth-order valence-corrected chi connectivity index (χ4v) is 2.47. The summed E-state index contributed by atoms with van der Waals surface area (Å²) in [6, 6.07) is 4.33. The lowest BCUT2D eigenvalue weighted by Crippen LogP contribution is -2.30. The van der Waals surface area contributed by atoms with E-state index in [2.05, 4.69) is 34.4 Å². The highest BCUT2D eigenvalue weighted by atomic mass is 16.1. The monoisotopic (exact) mass is 290 g/mol. The molecule has 5 nitrogen and oxygen atoms in total. The largest absolute Gasteiger partial charge is 0.357 e. The molecule has 1 aromatic rings. The molecule has 0 spiro atoms. The van der Waals surface area contributed by atoms with Gasteiger partial charge in [0.05, 0.1) is 11.9 Å². The maximum Gasteiger partial charge on any atom is 0.225 e. The van der Waals surface area contributed by atoms with Gasteiger partial charge in [-0.3, -0.25) is 4.79 Å². The fourth-order valence-electron chi connectivity index (χ4n) is 2.47. The van der Waals surface area contributed by atoms with Gasteiger partial charge in [-0.1, -0.05) is 13.8 Å². The van der Waals surface area contributed by atoms with Crippen molar-refractivity contribution in [1.82, 2.24) is 10.3 Å². The van der Waals surface area contributed by atoms with Crippen LogP contribution in [0.1, 0.15) is 39.5 Å². The topological polar surface area (TPSA) is 57.3 Å². The van der Waals surface area contributed by atoms with E-state index < -0.39 is 0 Å². The van der Waals surface area contributed by atoms with Gasteiger partial charge in [0.15, 0.2) is 0 Å². The number of hydrogen-bond donors (Lipinski definition) is 2. The predicted molar refractivity (Wildman–Crippen MR) is 86.7 cm³/mol. The summed E-state index contributed by atoms with van der Waals surface area (Å²) in [5, 5.41) is 6.12. The average molecular weight is 290 g/mol. The highest BCUT2D eigenvalue weighted by Gasteiger charge is 2.12. The van der Waals surface area contributed by atoms with Gasteiger partial charge >= 0.3 is 0 Å². The molecule has 1 aliphatic heterocycles. The van der Waals surface area contributed by atoms with Gasteiger partial charge in [-0.05, 0) is 31.4 Å². The lowest BCUT2D eigenvalue weighted by molar-refractivity contribution is -0.116. The van der Waals surface area contributed by atoms with E-state index in [1.54, 1.807) is 6.20 Å². The Bertz CT molecular complexity index is 438. The number of hydrogen-bond acceptors (Lipinski definition) is 4. The van der Waals surface area contributed by atoms with Gasteiger partial charge in [0.1, 0.15) is 5.82 Å². The van der Waals surface area contributed by atoms with Crippen molar-refractivity contribution in [2.45, 2.75) is 45.6 Å². The third kappa shape index (κ3) is 5.34. The lowest BCUT2D eigenvalue weighted by atomic mass is 10.1. The Morgan fingerprint density at radius 3 is 2.67 bits per heavy atom. The zero-order valence-corrected chi connectivity index (χ0v) is 13.1. The van der Waals surface area contributed by atoms with Crippen molar-refractivity contribution in [3.63, 3.8) is 0 Å². The number of nitrogens with one attached hydrogen (secondary N) is 2. The maximum absolute atomic E-state index is 11.8. The van der Waals surface area contributed by atoms with Gasteiger partial charge in [-0.15, -0.1) is 0 Å². The first-order valence-corrected chi connectivity index (χ1v) is 7.89. The highest BCUT2D eigenvalue weighted by molar-refractivity contribution is 5.90. The quantitative estimate of drug-likeness (QED) is 0.844. The van der Waals surface area contributed by atoms with Crippen molar-refractivity contribution in [2.75, 3.05) is 29.9 Å². The minimum atomic E-state index is 0.0238. The summed E-state index contributed by atoms with van der Waals surface area (Å²) in [5.74, 6) is 1.03. The van der Waals surface area contributed by atoms with E-state index in [4.69, 9.17) is 0 Å². The third-order valence-electron chi connectivity index (χ3n) is 3.62. The smallest absolute Gasteiger partial charge is 0.225 e. The summed E-state index contributed by atoms with van der Waals surface area (Å²) < 4.78 is 0. The SMILES string of the molecule is CC(C)NCCC(=O)Nc1ccc(N2CCCCC2)nc1. The summed E-state index contributed by atoms with van der Waals surface area (Å²) in [6.07, 6.45) is 6.02. The normalized spacial score (nSPS) is 15.3. The molecule has 1 fully saturated rings. The first-order valence-electron chi connectivity index (χ1n) is 7.89. The molecular weight excluding hydrogens is 264 g/mol. The molecule has 0 bridgehead atoms. The van der Waals surface area contributed by atoms with Crippen molar-refractivity contribution in [3.05, 3.63) is 18.3 Å². The fraction of sp³-hybridized carbons (Fsp3) is 0.625. The van der Waals surface area contributed by atoms with Crippen molar-refractivity contribution < 1.29 is 4.79 Å². The Hall–Kier alpha value is -1.62. The number of anilines is 2. The van der Waals surface area contributed by atoms with Crippen LogP contribution in [0.5, 0.6) is 0 Å². The maximum atomic E-state index is 11.8. The van der Waals surface area contributed by atoms with Crippen LogP contribution in [0.3, 0.4) is 0 Å².